The van der Waals surface area contributed by atoms with Crippen molar-refractivity contribution in [2.24, 2.45) is 4.99 Å². The van der Waals surface area contributed by atoms with Gasteiger partial charge in [0.15, 0.2) is 5.96 Å². The predicted octanol–water partition coefficient (Wildman–Crippen LogP) is 4.22. The zero-order valence-electron chi connectivity index (χ0n) is 18.7. The van der Waals surface area contributed by atoms with Gasteiger partial charge in [0.2, 0.25) is 0 Å². The lowest BCUT2D eigenvalue weighted by Gasteiger charge is -2.34. The average molecular weight is 526 g/mol. The summed E-state index contributed by atoms with van der Waals surface area (Å²) in [5, 5.41) is 3.53. The molecule has 1 saturated carbocycles. The highest BCUT2D eigenvalue weighted by Crippen LogP contribution is 2.20. The number of halogens is 1. The Morgan fingerprint density at radius 3 is 2.10 bits per heavy atom. The van der Waals surface area contributed by atoms with Crippen LogP contribution in [0.4, 0.5) is 0 Å². The number of likely N-dealkylation sites (tertiary alicyclic amines) is 1. The van der Waals surface area contributed by atoms with Crippen LogP contribution < -0.4 is 5.32 Å². The Labute approximate surface area is 195 Å². The van der Waals surface area contributed by atoms with Crippen molar-refractivity contribution in [2.45, 2.75) is 82.8 Å². The summed E-state index contributed by atoms with van der Waals surface area (Å²) in [7, 11) is 3.62. The van der Waals surface area contributed by atoms with Crippen molar-refractivity contribution in [1.29, 1.82) is 0 Å². The van der Waals surface area contributed by atoms with E-state index in [4.69, 9.17) is 14.2 Å². The molecule has 0 unspecified atom stereocenters. The fourth-order valence-corrected chi connectivity index (χ4v) is 4.11. The maximum absolute atomic E-state index is 6.08. The molecule has 0 aromatic carbocycles. The van der Waals surface area contributed by atoms with E-state index in [-0.39, 0.29) is 24.0 Å². The standard InChI is InChI=1S/C22H43N3O3.HI/c1-23-22(25-15-12-21(13-16-25)28-19-9-17-26-2)24-14-7-8-18-27-20-10-5-3-4-6-11-20;/h20-21H,3-19H2,1-2H3,(H,23,24);1H. The first kappa shape index (κ1) is 26.9. The van der Waals surface area contributed by atoms with Crippen LogP contribution >= 0.6 is 24.0 Å². The van der Waals surface area contributed by atoms with Crippen LogP contribution in [-0.2, 0) is 14.2 Å². The van der Waals surface area contributed by atoms with Gasteiger partial charge in [0.05, 0.1) is 12.2 Å². The summed E-state index contributed by atoms with van der Waals surface area (Å²) < 4.78 is 17.1. The summed E-state index contributed by atoms with van der Waals surface area (Å²) >= 11 is 0. The molecule has 7 heteroatoms. The van der Waals surface area contributed by atoms with E-state index in [1.165, 1.54) is 38.5 Å². The van der Waals surface area contributed by atoms with Gasteiger partial charge in [0.1, 0.15) is 0 Å². The second kappa shape index (κ2) is 17.5. The van der Waals surface area contributed by atoms with Gasteiger partial charge in [-0.2, -0.15) is 0 Å². The number of hydrogen-bond donors (Lipinski definition) is 1. The fraction of sp³-hybridized carbons (Fsp3) is 0.955. The number of methoxy groups -OCH3 is 1. The molecular formula is C22H44IN3O3. The molecule has 0 radical (unpaired) electrons. The van der Waals surface area contributed by atoms with Gasteiger partial charge in [0, 0.05) is 53.6 Å². The van der Waals surface area contributed by atoms with Crippen molar-refractivity contribution >= 4 is 29.9 Å². The lowest BCUT2D eigenvalue weighted by Crippen LogP contribution is -2.47. The Bertz CT molecular complexity index is 410. The molecule has 0 aromatic rings. The average Bonchev–Trinajstić information content (AvgIpc) is 3.00. The summed E-state index contributed by atoms with van der Waals surface area (Å²) in [5.74, 6) is 1.03. The van der Waals surface area contributed by atoms with Gasteiger partial charge in [-0.25, -0.2) is 0 Å². The molecule has 2 aliphatic rings. The van der Waals surface area contributed by atoms with Gasteiger partial charge >= 0.3 is 0 Å². The molecule has 1 aliphatic carbocycles. The van der Waals surface area contributed by atoms with Crippen LogP contribution in [0.2, 0.25) is 0 Å². The van der Waals surface area contributed by atoms with E-state index in [0.717, 1.165) is 77.5 Å². The Morgan fingerprint density at radius 2 is 1.48 bits per heavy atom. The first-order chi connectivity index (χ1) is 13.8. The minimum atomic E-state index is 0. The van der Waals surface area contributed by atoms with Gasteiger partial charge in [-0.15, -0.1) is 24.0 Å². The Hall–Kier alpha value is -0.120. The SMILES string of the molecule is CN=C(NCCCCOC1CCCCCC1)N1CCC(OCCCOC)CC1.I. The molecule has 2 fully saturated rings. The Kier molecular flexibility index (Phi) is 16.3. The minimum absolute atomic E-state index is 0. The Morgan fingerprint density at radius 1 is 0.862 bits per heavy atom. The number of piperidine rings is 1. The molecule has 29 heavy (non-hydrogen) atoms. The molecule has 2 rings (SSSR count). The van der Waals surface area contributed by atoms with Crippen molar-refractivity contribution in [3.05, 3.63) is 0 Å². The second-order valence-electron chi connectivity index (χ2n) is 8.07. The lowest BCUT2D eigenvalue weighted by molar-refractivity contribution is 0.00988. The summed E-state index contributed by atoms with van der Waals surface area (Å²) in [6.07, 6.45) is 14.3. The third-order valence-corrected chi connectivity index (χ3v) is 5.81. The molecule has 1 N–H and O–H groups in total. The van der Waals surface area contributed by atoms with Crippen LogP contribution in [0.25, 0.3) is 0 Å². The van der Waals surface area contributed by atoms with Crippen molar-refractivity contribution in [2.75, 3.05) is 53.6 Å². The van der Waals surface area contributed by atoms with E-state index in [1.54, 1.807) is 7.11 Å². The second-order valence-corrected chi connectivity index (χ2v) is 8.07. The number of nitrogens with one attached hydrogen (secondary N) is 1. The van der Waals surface area contributed by atoms with Crippen LogP contribution in [0, 0.1) is 0 Å². The highest BCUT2D eigenvalue weighted by Gasteiger charge is 2.21. The first-order valence-corrected chi connectivity index (χ1v) is 11.5. The van der Waals surface area contributed by atoms with Gasteiger partial charge in [-0.05, 0) is 44.9 Å². The smallest absolute Gasteiger partial charge is 0.193 e. The molecule has 1 aliphatic heterocycles. The molecule has 1 heterocycles. The summed E-state index contributed by atoms with van der Waals surface area (Å²) in [6.45, 7) is 5.47. The van der Waals surface area contributed by atoms with Gasteiger partial charge in [0.25, 0.3) is 0 Å². The monoisotopic (exact) mass is 525 g/mol. The van der Waals surface area contributed by atoms with E-state index in [2.05, 4.69) is 15.2 Å². The van der Waals surface area contributed by atoms with Crippen molar-refractivity contribution in [3.8, 4) is 0 Å². The number of ether oxygens (including phenoxy) is 3. The van der Waals surface area contributed by atoms with Crippen LogP contribution in [0.3, 0.4) is 0 Å². The van der Waals surface area contributed by atoms with Crippen LogP contribution in [0.15, 0.2) is 4.99 Å². The largest absolute Gasteiger partial charge is 0.385 e. The van der Waals surface area contributed by atoms with E-state index >= 15 is 0 Å². The number of rotatable bonds is 11. The zero-order valence-corrected chi connectivity index (χ0v) is 21.0. The summed E-state index contributed by atoms with van der Waals surface area (Å²) in [4.78, 5) is 6.83. The topological polar surface area (TPSA) is 55.3 Å². The summed E-state index contributed by atoms with van der Waals surface area (Å²) in [5.41, 5.74) is 0. The van der Waals surface area contributed by atoms with Crippen molar-refractivity contribution in [1.82, 2.24) is 10.2 Å². The van der Waals surface area contributed by atoms with E-state index < -0.39 is 0 Å². The summed E-state index contributed by atoms with van der Waals surface area (Å²) in [6, 6.07) is 0. The first-order valence-electron chi connectivity index (χ1n) is 11.5. The van der Waals surface area contributed by atoms with Crippen LogP contribution in [0.1, 0.15) is 70.6 Å². The zero-order chi connectivity index (χ0) is 19.9. The lowest BCUT2D eigenvalue weighted by atomic mass is 10.1. The van der Waals surface area contributed by atoms with E-state index in [0.29, 0.717) is 12.2 Å². The third kappa shape index (κ3) is 11.7. The molecule has 172 valence electrons. The molecule has 0 aromatic heterocycles. The predicted molar refractivity (Wildman–Crippen MR) is 130 cm³/mol. The van der Waals surface area contributed by atoms with E-state index in [1.807, 2.05) is 7.05 Å². The molecule has 6 nitrogen and oxygen atoms in total. The maximum Gasteiger partial charge on any atom is 0.193 e. The number of aliphatic imine (C=N–C) groups is 1. The van der Waals surface area contributed by atoms with E-state index in [9.17, 15) is 0 Å². The van der Waals surface area contributed by atoms with Gasteiger partial charge in [-0.1, -0.05) is 25.7 Å². The van der Waals surface area contributed by atoms with Crippen LogP contribution in [0.5, 0.6) is 0 Å². The minimum Gasteiger partial charge on any atom is -0.385 e. The number of unbranched alkanes of at least 4 members (excludes halogenated alkanes) is 1. The Balaban J connectivity index is 0.00000420. The maximum atomic E-state index is 6.08. The number of nitrogens with zero attached hydrogens (tertiary/aromatic N) is 2. The molecule has 0 atom stereocenters. The van der Waals surface area contributed by atoms with Crippen LogP contribution in [-0.4, -0.2) is 76.7 Å². The molecule has 1 saturated heterocycles. The van der Waals surface area contributed by atoms with Gasteiger partial charge in [-0.3, -0.25) is 4.99 Å². The third-order valence-electron chi connectivity index (χ3n) is 5.81. The quantitative estimate of drug-likeness (QED) is 0.144. The molecular weight excluding hydrogens is 481 g/mol. The normalized spacial score (nSPS) is 19.7. The highest BCUT2D eigenvalue weighted by molar-refractivity contribution is 14.0. The number of guanidine groups is 1. The molecule has 0 bridgehead atoms. The van der Waals surface area contributed by atoms with Crippen molar-refractivity contribution in [3.63, 3.8) is 0 Å². The number of hydrogen-bond acceptors (Lipinski definition) is 4. The fourth-order valence-electron chi connectivity index (χ4n) is 4.11. The van der Waals surface area contributed by atoms with Gasteiger partial charge < -0.3 is 24.4 Å². The molecule has 0 spiro atoms. The molecule has 0 amide bonds. The highest BCUT2D eigenvalue weighted by atomic mass is 127. The van der Waals surface area contributed by atoms with Crippen molar-refractivity contribution < 1.29 is 14.2 Å².